The third-order valence-electron chi connectivity index (χ3n) is 5.77. The largest absolute Gasteiger partial charge is 0.378 e. The number of methoxy groups -OCH3 is 1. The molecular weight excluding hydrogens is 306 g/mol. The first-order chi connectivity index (χ1) is 11.1. The Balaban J connectivity index is 1.89. The van der Waals surface area contributed by atoms with Crippen molar-refractivity contribution in [2.75, 3.05) is 27.7 Å². The highest BCUT2D eigenvalue weighted by molar-refractivity contribution is 5.74. The van der Waals surface area contributed by atoms with E-state index >= 15 is 0 Å². The van der Waals surface area contributed by atoms with Gasteiger partial charge in [-0.05, 0) is 27.4 Å². The first kappa shape index (κ1) is 18.7. The molecule has 1 aromatic rings. The van der Waals surface area contributed by atoms with E-state index in [2.05, 4.69) is 41.4 Å². The van der Waals surface area contributed by atoms with Gasteiger partial charge in [0.05, 0.1) is 17.8 Å². The first-order valence-corrected chi connectivity index (χ1v) is 8.35. The van der Waals surface area contributed by atoms with Crippen molar-refractivity contribution in [2.24, 2.45) is 12.5 Å². The molecule has 0 saturated heterocycles. The summed E-state index contributed by atoms with van der Waals surface area (Å²) in [7, 11) is 7.61. The van der Waals surface area contributed by atoms with Gasteiger partial charge in [0, 0.05) is 43.9 Å². The molecule has 0 aliphatic heterocycles. The highest BCUT2D eigenvalue weighted by Gasteiger charge is 2.58. The average Bonchev–Trinajstić information content (AvgIpc) is 2.92. The lowest BCUT2D eigenvalue weighted by Crippen LogP contribution is -2.69. The standard InChI is InChI=1S/C17H31N5O2/c1-16(2)14(8-17(16,3)24-7)20-15(23)18-10-13(21(4)5)12-9-19-22(6)11-12/h9,11,13-14H,8,10H2,1-7H3,(H2,18,20,23)/t13-,14-,17+/m0/s1. The number of aryl methyl sites for hydroxylation is 1. The second-order valence-electron chi connectivity index (χ2n) is 7.69. The number of likely N-dealkylation sites (N-methyl/N-ethyl adjacent to an activating group) is 1. The normalized spacial score (nSPS) is 26.8. The van der Waals surface area contributed by atoms with E-state index in [0.717, 1.165) is 12.0 Å². The van der Waals surface area contributed by atoms with Crippen molar-refractivity contribution in [3.8, 4) is 0 Å². The Bertz CT molecular complexity index is 583. The second-order valence-corrected chi connectivity index (χ2v) is 7.69. The smallest absolute Gasteiger partial charge is 0.315 e. The van der Waals surface area contributed by atoms with Gasteiger partial charge in [-0.1, -0.05) is 13.8 Å². The molecule has 1 saturated carbocycles. The number of ether oxygens (including phenoxy) is 1. The molecule has 0 spiro atoms. The van der Waals surface area contributed by atoms with Crippen LogP contribution >= 0.6 is 0 Å². The van der Waals surface area contributed by atoms with Crippen molar-refractivity contribution in [1.82, 2.24) is 25.3 Å². The summed E-state index contributed by atoms with van der Waals surface area (Å²) in [6.07, 6.45) is 4.64. The predicted molar refractivity (Wildman–Crippen MR) is 93.8 cm³/mol. The maximum atomic E-state index is 12.3. The molecule has 1 heterocycles. The summed E-state index contributed by atoms with van der Waals surface area (Å²) in [5.74, 6) is 0. The van der Waals surface area contributed by atoms with Crippen LogP contribution in [0.1, 0.15) is 38.8 Å². The van der Waals surface area contributed by atoms with Gasteiger partial charge in [-0.25, -0.2) is 4.79 Å². The van der Waals surface area contributed by atoms with E-state index in [1.54, 1.807) is 11.8 Å². The number of hydrogen-bond donors (Lipinski definition) is 2. The third-order valence-corrected chi connectivity index (χ3v) is 5.77. The Morgan fingerprint density at radius 2 is 2.17 bits per heavy atom. The summed E-state index contributed by atoms with van der Waals surface area (Å²) in [6.45, 7) is 6.87. The summed E-state index contributed by atoms with van der Waals surface area (Å²) >= 11 is 0. The number of nitrogens with one attached hydrogen (secondary N) is 2. The van der Waals surface area contributed by atoms with Crippen LogP contribution in [0.5, 0.6) is 0 Å². The van der Waals surface area contributed by atoms with Gasteiger partial charge in [0.2, 0.25) is 0 Å². The van der Waals surface area contributed by atoms with Crippen LogP contribution in [0.2, 0.25) is 0 Å². The van der Waals surface area contributed by atoms with Gasteiger partial charge in [-0.2, -0.15) is 5.10 Å². The fourth-order valence-corrected chi connectivity index (χ4v) is 3.33. The minimum Gasteiger partial charge on any atom is -0.378 e. The molecule has 136 valence electrons. The zero-order valence-electron chi connectivity index (χ0n) is 15.9. The van der Waals surface area contributed by atoms with Crippen molar-refractivity contribution in [3.63, 3.8) is 0 Å². The maximum Gasteiger partial charge on any atom is 0.315 e. The molecule has 0 aromatic carbocycles. The molecule has 1 aliphatic rings. The number of carbonyl (C=O) groups is 1. The Morgan fingerprint density at radius 3 is 2.62 bits per heavy atom. The highest BCUT2D eigenvalue weighted by atomic mass is 16.5. The van der Waals surface area contributed by atoms with Gasteiger partial charge in [0.1, 0.15) is 0 Å². The molecule has 0 unspecified atom stereocenters. The molecule has 24 heavy (non-hydrogen) atoms. The number of amides is 2. The fraction of sp³-hybridized carbons (Fsp3) is 0.765. The van der Waals surface area contributed by atoms with E-state index in [1.165, 1.54) is 0 Å². The fourth-order valence-electron chi connectivity index (χ4n) is 3.33. The Morgan fingerprint density at radius 1 is 1.50 bits per heavy atom. The zero-order valence-corrected chi connectivity index (χ0v) is 15.9. The molecule has 0 radical (unpaired) electrons. The van der Waals surface area contributed by atoms with Gasteiger partial charge in [0.25, 0.3) is 0 Å². The zero-order chi connectivity index (χ0) is 18.1. The number of nitrogens with zero attached hydrogens (tertiary/aromatic N) is 3. The van der Waals surface area contributed by atoms with Crippen LogP contribution in [0.15, 0.2) is 12.4 Å². The number of rotatable bonds is 6. The van der Waals surface area contributed by atoms with Crippen molar-refractivity contribution in [1.29, 1.82) is 0 Å². The van der Waals surface area contributed by atoms with E-state index in [1.807, 2.05) is 33.5 Å². The lowest BCUT2D eigenvalue weighted by atomic mass is 9.56. The Hall–Kier alpha value is -1.60. The lowest BCUT2D eigenvalue weighted by molar-refractivity contribution is -0.177. The van der Waals surface area contributed by atoms with E-state index in [-0.39, 0.29) is 29.1 Å². The van der Waals surface area contributed by atoms with Crippen LogP contribution in [-0.4, -0.2) is 60.1 Å². The lowest BCUT2D eigenvalue weighted by Gasteiger charge is -2.59. The minimum atomic E-state index is -0.188. The summed E-state index contributed by atoms with van der Waals surface area (Å²) in [5.41, 5.74) is 0.801. The predicted octanol–water partition coefficient (Wildman–Crippen LogP) is 1.53. The molecule has 2 rings (SSSR count). The van der Waals surface area contributed by atoms with Crippen LogP contribution in [0, 0.1) is 5.41 Å². The van der Waals surface area contributed by atoms with Gasteiger partial charge in [-0.15, -0.1) is 0 Å². The minimum absolute atomic E-state index is 0.0862. The van der Waals surface area contributed by atoms with Crippen molar-refractivity contribution in [3.05, 3.63) is 18.0 Å². The number of hydrogen-bond acceptors (Lipinski definition) is 4. The summed E-state index contributed by atoms with van der Waals surface area (Å²) in [6, 6.07) is 0.0590. The number of urea groups is 1. The number of aromatic nitrogens is 2. The first-order valence-electron chi connectivity index (χ1n) is 8.35. The third kappa shape index (κ3) is 3.42. The second kappa shape index (κ2) is 6.72. The topological polar surface area (TPSA) is 71.4 Å². The van der Waals surface area contributed by atoms with Crippen LogP contribution in [0.4, 0.5) is 4.79 Å². The molecule has 1 aliphatic carbocycles. The highest BCUT2D eigenvalue weighted by Crippen LogP contribution is 2.51. The van der Waals surface area contributed by atoms with Gasteiger partial charge in [-0.3, -0.25) is 4.68 Å². The summed E-state index contributed by atoms with van der Waals surface area (Å²) in [5, 5.41) is 10.3. The van der Waals surface area contributed by atoms with Crippen molar-refractivity contribution in [2.45, 2.75) is 44.9 Å². The van der Waals surface area contributed by atoms with Crippen LogP contribution < -0.4 is 10.6 Å². The van der Waals surface area contributed by atoms with Gasteiger partial charge >= 0.3 is 6.03 Å². The molecule has 0 bridgehead atoms. The van der Waals surface area contributed by atoms with Crippen LogP contribution in [0.3, 0.4) is 0 Å². The maximum absolute atomic E-state index is 12.3. The molecule has 1 aromatic heterocycles. The van der Waals surface area contributed by atoms with E-state index < -0.39 is 0 Å². The Labute approximate surface area is 144 Å². The summed E-state index contributed by atoms with van der Waals surface area (Å²) in [4.78, 5) is 14.4. The molecular formula is C17H31N5O2. The molecule has 7 heteroatoms. The van der Waals surface area contributed by atoms with E-state index in [0.29, 0.717) is 6.54 Å². The quantitative estimate of drug-likeness (QED) is 0.826. The van der Waals surface area contributed by atoms with Crippen molar-refractivity contribution >= 4 is 6.03 Å². The van der Waals surface area contributed by atoms with Crippen LogP contribution in [0.25, 0.3) is 0 Å². The molecule has 3 atom stereocenters. The molecule has 7 nitrogen and oxygen atoms in total. The SMILES string of the molecule is CO[C@]1(C)C[C@H](NC(=O)NC[C@@H](c2cnn(C)c2)N(C)C)C1(C)C. The average molecular weight is 337 g/mol. The molecule has 2 N–H and O–H groups in total. The van der Waals surface area contributed by atoms with Crippen LogP contribution in [-0.2, 0) is 11.8 Å². The Kier molecular flexibility index (Phi) is 5.25. The van der Waals surface area contributed by atoms with Gasteiger partial charge in [0.15, 0.2) is 0 Å². The van der Waals surface area contributed by atoms with Crippen molar-refractivity contribution < 1.29 is 9.53 Å². The molecule has 1 fully saturated rings. The van der Waals surface area contributed by atoms with E-state index in [9.17, 15) is 4.79 Å². The monoisotopic (exact) mass is 337 g/mol. The van der Waals surface area contributed by atoms with E-state index in [4.69, 9.17) is 4.74 Å². The molecule has 2 amide bonds. The van der Waals surface area contributed by atoms with Gasteiger partial charge < -0.3 is 20.3 Å². The number of carbonyl (C=O) groups excluding carboxylic acids is 1. The summed E-state index contributed by atoms with van der Waals surface area (Å²) < 4.78 is 7.38.